The van der Waals surface area contributed by atoms with Crippen LogP contribution >= 0.6 is 0 Å². The zero-order valence-electron chi connectivity index (χ0n) is 18.6. The molecule has 2 aliphatic rings. The zero-order valence-corrected chi connectivity index (χ0v) is 18.6. The predicted octanol–water partition coefficient (Wildman–Crippen LogP) is 1.39. The molecule has 4 N–H and O–H groups in total. The number of aliphatic hydroxyl groups is 1. The van der Waals surface area contributed by atoms with Crippen LogP contribution in [0.5, 0.6) is 0 Å². The first-order chi connectivity index (χ1) is 16.0. The van der Waals surface area contributed by atoms with E-state index in [4.69, 9.17) is 10.6 Å². The fraction of sp³-hybridized carbons (Fsp3) is 0.600. The number of halogens is 4. The van der Waals surface area contributed by atoms with Gasteiger partial charge in [-0.3, -0.25) is 4.84 Å². The molecule has 2 aromatic heterocycles. The Labute approximate surface area is 193 Å². The Morgan fingerprint density at radius 3 is 2.21 bits per heavy atom. The molecule has 2 fully saturated rings. The number of aromatic nitrogens is 4. The number of hydrogen-bond acceptors (Lipinski definition) is 10. The van der Waals surface area contributed by atoms with Gasteiger partial charge in [0.25, 0.3) is 0 Å². The number of nitrogens with one attached hydrogen (secondary N) is 1. The monoisotopic (exact) mass is 486 g/mol. The number of rotatable bonds is 5. The first kappa shape index (κ1) is 24.1. The summed E-state index contributed by atoms with van der Waals surface area (Å²) in [6.07, 6.45) is -4.15. The van der Waals surface area contributed by atoms with Gasteiger partial charge in [-0.1, -0.05) is 0 Å². The highest BCUT2D eigenvalue weighted by Gasteiger charge is 2.49. The summed E-state index contributed by atoms with van der Waals surface area (Å²) in [5, 5.41) is 9.69. The van der Waals surface area contributed by atoms with Gasteiger partial charge in [-0.2, -0.15) is 9.97 Å². The van der Waals surface area contributed by atoms with E-state index in [0.717, 1.165) is 6.92 Å². The number of alkyl halides is 4. The molecule has 186 valence electrons. The fourth-order valence-electron chi connectivity index (χ4n) is 4.13. The number of anilines is 4. The number of piperidine rings is 2. The molecular weight excluding hydrogens is 460 g/mol. The van der Waals surface area contributed by atoms with Crippen molar-refractivity contribution in [3.8, 4) is 0 Å². The molecule has 6 atom stereocenters. The summed E-state index contributed by atoms with van der Waals surface area (Å²) in [6.45, 7) is 1.16. The average molecular weight is 486 g/mol. The van der Waals surface area contributed by atoms with Crippen LogP contribution in [0.25, 0.3) is 0 Å². The van der Waals surface area contributed by atoms with Crippen molar-refractivity contribution in [1.82, 2.24) is 19.9 Å². The minimum Gasteiger partial charge on any atom is -0.387 e. The normalized spacial score (nSPS) is 34.2. The molecule has 0 radical (unpaired) electrons. The second kappa shape index (κ2) is 8.98. The molecular formula is C20H26F4N8O2. The van der Waals surface area contributed by atoms with E-state index in [2.05, 4.69) is 25.4 Å². The quantitative estimate of drug-likeness (QED) is 0.422. The Morgan fingerprint density at radius 1 is 1.00 bits per heavy atom. The Hall–Kier alpha value is -3.00. The van der Waals surface area contributed by atoms with Crippen LogP contribution in [0.1, 0.15) is 13.8 Å². The Balaban J connectivity index is 1.43. The lowest BCUT2D eigenvalue weighted by atomic mass is 9.92. The summed E-state index contributed by atoms with van der Waals surface area (Å²) in [4.78, 5) is 24.1. The lowest BCUT2D eigenvalue weighted by Gasteiger charge is -2.42. The molecule has 2 aromatic rings. The fourth-order valence-corrected chi connectivity index (χ4v) is 4.13. The number of aliphatic hydroxyl groups excluding tert-OH is 1. The van der Waals surface area contributed by atoms with Crippen molar-refractivity contribution in [2.45, 2.75) is 49.7 Å². The van der Waals surface area contributed by atoms with E-state index in [0.29, 0.717) is 0 Å². The molecule has 34 heavy (non-hydrogen) atoms. The molecule has 2 saturated heterocycles. The summed E-state index contributed by atoms with van der Waals surface area (Å²) in [6, 6.07) is 2.84. The molecule has 0 bridgehead atoms. The van der Waals surface area contributed by atoms with E-state index in [-0.39, 0.29) is 49.7 Å². The van der Waals surface area contributed by atoms with Crippen molar-refractivity contribution in [3.05, 3.63) is 24.5 Å². The van der Waals surface area contributed by atoms with Gasteiger partial charge in [-0.25, -0.2) is 33.0 Å². The van der Waals surface area contributed by atoms with Crippen molar-refractivity contribution in [2.75, 3.05) is 47.2 Å². The minimum absolute atomic E-state index is 0.0273. The molecule has 4 rings (SSSR count). The van der Waals surface area contributed by atoms with Gasteiger partial charge in [0.05, 0.1) is 26.2 Å². The second-order valence-electron chi connectivity index (χ2n) is 8.96. The van der Waals surface area contributed by atoms with Gasteiger partial charge < -0.3 is 20.6 Å². The molecule has 10 nitrogen and oxygen atoms in total. The van der Waals surface area contributed by atoms with Gasteiger partial charge in [0.1, 0.15) is 24.3 Å². The molecule has 0 amide bonds. The van der Waals surface area contributed by atoms with Gasteiger partial charge in [0.2, 0.25) is 11.9 Å². The van der Waals surface area contributed by atoms with Crippen LogP contribution in [0, 0.1) is 0 Å². The van der Waals surface area contributed by atoms with Gasteiger partial charge >= 0.3 is 0 Å². The Kier molecular flexibility index (Phi) is 6.38. The average Bonchev–Trinajstić information content (AvgIpc) is 2.76. The first-order valence-corrected chi connectivity index (χ1v) is 10.6. The van der Waals surface area contributed by atoms with Crippen molar-refractivity contribution < 1.29 is 27.5 Å². The maximum atomic E-state index is 15.4. The first-order valence-electron chi connectivity index (χ1n) is 10.6. The lowest BCUT2D eigenvalue weighted by Crippen LogP contribution is -2.60. The predicted molar refractivity (Wildman–Crippen MR) is 116 cm³/mol. The second-order valence-corrected chi connectivity index (χ2v) is 8.96. The summed E-state index contributed by atoms with van der Waals surface area (Å²) < 4.78 is 58.9. The Bertz CT molecular complexity index is 1020. The van der Waals surface area contributed by atoms with Crippen molar-refractivity contribution in [2.24, 2.45) is 0 Å². The molecule has 0 spiro atoms. The van der Waals surface area contributed by atoms with E-state index < -0.39 is 35.9 Å². The number of nitrogens with zero attached hydrogens (tertiary/aromatic N) is 6. The van der Waals surface area contributed by atoms with Crippen molar-refractivity contribution in [1.29, 1.82) is 0 Å². The molecule has 0 saturated carbocycles. The smallest absolute Gasteiger partial charge is 0.227 e. The maximum absolute atomic E-state index is 15.4. The highest BCUT2D eigenvalue weighted by Crippen LogP contribution is 2.32. The number of hydrogen-bond donors (Lipinski definition) is 3. The van der Waals surface area contributed by atoms with Crippen LogP contribution in [0.15, 0.2) is 24.5 Å². The van der Waals surface area contributed by atoms with E-state index >= 15 is 4.39 Å². The topological polar surface area (TPSA) is 126 Å². The number of nitrogens with two attached hydrogens (primary N) is 1. The van der Waals surface area contributed by atoms with Crippen LogP contribution in [-0.4, -0.2) is 87.1 Å². The summed E-state index contributed by atoms with van der Waals surface area (Å²) in [5.41, 5.74) is 3.70. The molecule has 0 unspecified atom stereocenters. The molecule has 4 heterocycles. The van der Waals surface area contributed by atoms with E-state index in [1.807, 2.05) is 0 Å². The standard InChI is InChI=1S/C20H26F4N8O2/c1-19(23)9-31(7-11(21)15(19)33)18-27-6-4-14(29-18)30-34-16-12(22)8-32(10-20(16,2)24)17-26-5-3-13(25)28-17/h3-6,11-12,15-16,33H,7-10H2,1-2H3,(H2,25,26,28)(H,27,29,30)/t11-,12+,15-,16+,19-,20+/m1/s1. The van der Waals surface area contributed by atoms with Gasteiger partial charge in [0, 0.05) is 18.5 Å². The van der Waals surface area contributed by atoms with Gasteiger partial charge in [-0.15, -0.1) is 0 Å². The van der Waals surface area contributed by atoms with Gasteiger partial charge in [0.15, 0.2) is 23.3 Å². The van der Waals surface area contributed by atoms with Gasteiger partial charge in [-0.05, 0) is 19.9 Å². The minimum atomic E-state index is -2.21. The molecule has 0 aromatic carbocycles. The van der Waals surface area contributed by atoms with Crippen LogP contribution < -0.4 is 21.0 Å². The summed E-state index contributed by atoms with van der Waals surface area (Å²) in [5.74, 6) is 0.296. The summed E-state index contributed by atoms with van der Waals surface area (Å²) >= 11 is 0. The SMILES string of the molecule is C[C@]1(F)CN(c2nccc(N)n2)C[C@H](F)[C@@H]1ONc1ccnc(N2C[C@@H](F)[C@@H](O)[C@](C)(F)C2)n1. The van der Waals surface area contributed by atoms with Crippen LogP contribution in [0.2, 0.25) is 0 Å². The Morgan fingerprint density at radius 2 is 1.59 bits per heavy atom. The van der Waals surface area contributed by atoms with Crippen molar-refractivity contribution in [3.63, 3.8) is 0 Å². The molecule has 0 aliphatic carbocycles. The highest BCUT2D eigenvalue weighted by molar-refractivity contribution is 5.42. The third-order valence-electron chi connectivity index (χ3n) is 5.83. The molecule has 2 aliphatic heterocycles. The highest BCUT2D eigenvalue weighted by atomic mass is 19.2. The van der Waals surface area contributed by atoms with E-state index in [9.17, 15) is 18.3 Å². The van der Waals surface area contributed by atoms with Crippen LogP contribution in [0.3, 0.4) is 0 Å². The maximum Gasteiger partial charge on any atom is 0.227 e. The third-order valence-corrected chi connectivity index (χ3v) is 5.83. The largest absolute Gasteiger partial charge is 0.387 e. The van der Waals surface area contributed by atoms with Crippen LogP contribution in [-0.2, 0) is 4.84 Å². The zero-order chi connectivity index (χ0) is 24.7. The lowest BCUT2D eigenvalue weighted by molar-refractivity contribution is -0.0800. The molecule has 14 heteroatoms. The van der Waals surface area contributed by atoms with Crippen molar-refractivity contribution >= 4 is 23.5 Å². The summed E-state index contributed by atoms with van der Waals surface area (Å²) in [7, 11) is 0. The third kappa shape index (κ3) is 4.92. The van der Waals surface area contributed by atoms with Crippen LogP contribution in [0.4, 0.5) is 41.1 Å². The van der Waals surface area contributed by atoms with E-state index in [1.165, 1.54) is 41.2 Å². The van der Waals surface area contributed by atoms with E-state index in [1.54, 1.807) is 0 Å². The number of nitrogen functional groups attached to an aromatic ring is 1.